The van der Waals surface area contributed by atoms with Crippen LogP contribution in [0.25, 0.3) is 0 Å². The lowest BCUT2D eigenvalue weighted by Crippen LogP contribution is -2.38. The Balaban J connectivity index is -0.000000376. The maximum atomic E-state index is 3.92. The highest BCUT2D eigenvalue weighted by Crippen LogP contribution is 2.07. The number of hydrogen-bond acceptors (Lipinski definition) is 1. The van der Waals surface area contributed by atoms with Gasteiger partial charge in [0, 0.05) is 18.6 Å². The van der Waals surface area contributed by atoms with Crippen LogP contribution in [0.4, 0.5) is 0 Å². The first-order valence-corrected chi connectivity index (χ1v) is 6.55. The lowest BCUT2D eigenvalue weighted by molar-refractivity contribution is 0.193. The maximum Gasteiger partial charge on any atom is 0.0233 e. The molecule has 98 valence electrons. The van der Waals surface area contributed by atoms with Gasteiger partial charge in [-0.05, 0) is 33.3 Å². The fraction of sp³-hybridized carbons (Fsp3) is 0.733. The molecule has 0 saturated carbocycles. The molecule has 1 heteroatoms. The third-order valence-corrected chi connectivity index (χ3v) is 2.00. The van der Waals surface area contributed by atoms with Gasteiger partial charge in [-0.3, -0.25) is 4.90 Å². The van der Waals surface area contributed by atoms with E-state index in [0.717, 1.165) is 12.1 Å². The summed E-state index contributed by atoms with van der Waals surface area (Å²) in [6, 6.07) is 1.14. The van der Waals surface area contributed by atoms with Crippen LogP contribution in [-0.4, -0.2) is 23.5 Å². The van der Waals surface area contributed by atoms with E-state index in [1.807, 2.05) is 33.8 Å². The molecule has 0 aromatic rings. The first-order chi connectivity index (χ1) is 7.49. The lowest BCUT2D eigenvalue weighted by atomic mass is 10.2. The van der Waals surface area contributed by atoms with Crippen molar-refractivity contribution in [2.45, 2.75) is 67.5 Å². The Hall–Kier alpha value is -0.560. The van der Waals surface area contributed by atoms with E-state index in [1.54, 1.807) is 0 Å². The summed E-state index contributed by atoms with van der Waals surface area (Å²) in [7, 11) is 0. The quantitative estimate of drug-likeness (QED) is 0.604. The third-order valence-electron chi connectivity index (χ3n) is 2.00. The Morgan fingerprint density at radius 3 is 1.50 bits per heavy atom. The molecule has 0 spiro atoms. The second-order valence-electron chi connectivity index (χ2n) is 3.72. The summed E-state index contributed by atoms with van der Waals surface area (Å²) in [5, 5.41) is 0. The second kappa shape index (κ2) is 14.4. The molecule has 0 radical (unpaired) electrons. The molecule has 1 nitrogen and oxygen atoms in total. The Labute approximate surface area is 104 Å². The van der Waals surface area contributed by atoms with Gasteiger partial charge in [-0.25, -0.2) is 0 Å². The monoisotopic (exact) mass is 227 g/mol. The molecule has 0 aliphatic carbocycles. The molecule has 0 saturated heterocycles. The minimum absolute atomic E-state index is 0.571. The van der Waals surface area contributed by atoms with Crippen LogP contribution in [-0.2, 0) is 0 Å². The van der Waals surface area contributed by atoms with E-state index in [-0.39, 0.29) is 0 Å². The van der Waals surface area contributed by atoms with Crippen molar-refractivity contribution in [2.24, 2.45) is 0 Å². The van der Waals surface area contributed by atoms with Crippen molar-refractivity contribution in [2.75, 3.05) is 6.54 Å². The summed E-state index contributed by atoms with van der Waals surface area (Å²) >= 11 is 0. The SMILES string of the molecule is C=CC(=C)CN(C(C)C)C(C)C.CC.CC. The maximum absolute atomic E-state index is 3.92. The van der Waals surface area contributed by atoms with Crippen LogP contribution in [0.5, 0.6) is 0 Å². The lowest BCUT2D eigenvalue weighted by Gasteiger charge is -2.30. The zero-order chi connectivity index (χ0) is 13.7. The van der Waals surface area contributed by atoms with E-state index in [9.17, 15) is 0 Å². The van der Waals surface area contributed by atoms with Crippen molar-refractivity contribution in [3.05, 3.63) is 24.8 Å². The summed E-state index contributed by atoms with van der Waals surface area (Å²) in [6.45, 7) is 25.4. The van der Waals surface area contributed by atoms with Crippen molar-refractivity contribution in [1.82, 2.24) is 4.90 Å². The summed E-state index contributed by atoms with van der Waals surface area (Å²) in [5.74, 6) is 0. The molecule has 0 heterocycles. The topological polar surface area (TPSA) is 3.24 Å². The Kier molecular flexibility index (Phi) is 18.8. The first-order valence-electron chi connectivity index (χ1n) is 6.55. The average Bonchev–Trinajstić information content (AvgIpc) is 2.30. The molecule has 16 heavy (non-hydrogen) atoms. The standard InChI is InChI=1S/C11H21N.2C2H6/c1-7-11(6)8-12(9(2)3)10(4)5;2*1-2/h7,9-10H,1,6,8H2,2-5H3;2*1-2H3. The highest BCUT2D eigenvalue weighted by Gasteiger charge is 2.12. The average molecular weight is 227 g/mol. The summed E-state index contributed by atoms with van der Waals surface area (Å²) in [5.41, 5.74) is 1.09. The molecule has 0 aliphatic rings. The summed E-state index contributed by atoms with van der Waals surface area (Å²) in [6.07, 6.45) is 1.83. The molecule has 0 N–H and O–H groups in total. The molecule has 0 aliphatic heterocycles. The normalized spacial score (nSPS) is 9.19. The van der Waals surface area contributed by atoms with Gasteiger partial charge in [0.1, 0.15) is 0 Å². The first kappa shape index (κ1) is 20.8. The minimum Gasteiger partial charge on any atom is -0.294 e. The van der Waals surface area contributed by atoms with Gasteiger partial charge in [-0.2, -0.15) is 0 Å². The van der Waals surface area contributed by atoms with Crippen molar-refractivity contribution in [1.29, 1.82) is 0 Å². The van der Waals surface area contributed by atoms with Crippen molar-refractivity contribution in [3.63, 3.8) is 0 Å². The van der Waals surface area contributed by atoms with Crippen LogP contribution in [0.3, 0.4) is 0 Å². The summed E-state index contributed by atoms with van der Waals surface area (Å²) in [4.78, 5) is 2.39. The molecule has 0 aromatic carbocycles. The van der Waals surface area contributed by atoms with Gasteiger partial charge in [-0.1, -0.05) is 46.9 Å². The van der Waals surface area contributed by atoms with Crippen molar-refractivity contribution in [3.8, 4) is 0 Å². The van der Waals surface area contributed by atoms with Gasteiger partial charge in [-0.15, -0.1) is 0 Å². The highest BCUT2D eigenvalue weighted by molar-refractivity contribution is 5.13. The molecule has 0 fully saturated rings. The van der Waals surface area contributed by atoms with Crippen LogP contribution in [0.2, 0.25) is 0 Å². The highest BCUT2D eigenvalue weighted by atomic mass is 15.2. The van der Waals surface area contributed by atoms with E-state index in [2.05, 4.69) is 45.8 Å². The van der Waals surface area contributed by atoms with Crippen molar-refractivity contribution < 1.29 is 0 Å². The fourth-order valence-electron chi connectivity index (χ4n) is 1.26. The number of hydrogen-bond donors (Lipinski definition) is 0. The van der Waals surface area contributed by atoms with E-state index in [4.69, 9.17) is 0 Å². The van der Waals surface area contributed by atoms with Gasteiger partial charge in [0.05, 0.1) is 0 Å². The number of nitrogens with zero attached hydrogens (tertiary/aromatic N) is 1. The van der Waals surface area contributed by atoms with E-state index in [0.29, 0.717) is 12.1 Å². The van der Waals surface area contributed by atoms with E-state index >= 15 is 0 Å². The van der Waals surface area contributed by atoms with Crippen LogP contribution in [0.15, 0.2) is 24.8 Å². The van der Waals surface area contributed by atoms with Crippen LogP contribution < -0.4 is 0 Å². The third kappa shape index (κ3) is 11.5. The number of rotatable bonds is 5. The molecule has 0 rings (SSSR count). The largest absolute Gasteiger partial charge is 0.294 e. The zero-order valence-corrected chi connectivity index (χ0v) is 12.8. The Morgan fingerprint density at radius 1 is 1.00 bits per heavy atom. The van der Waals surface area contributed by atoms with Gasteiger partial charge < -0.3 is 0 Å². The molecule has 0 amide bonds. The van der Waals surface area contributed by atoms with Crippen LogP contribution >= 0.6 is 0 Å². The van der Waals surface area contributed by atoms with E-state index in [1.165, 1.54) is 0 Å². The molecule has 0 unspecified atom stereocenters. The molecule has 0 atom stereocenters. The van der Waals surface area contributed by atoms with Gasteiger partial charge in [0.2, 0.25) is 0 Å². The molecule has 0 aromatic heterocycles. The smallest absolute Gasteiger partial charge is 0.0233 e. The predicted molar refractivity (Wildman–Crippen MR) is 79.0 cm³/mol. The summed E-state index contributed by atoms with van der Waals surface area (Å²) < 4.78 is 0. The second-order valence-corrected chi connectivity index (χ2v) is 3.72. The molecule has 0 bridgehead atoms. The van der Waals surface area contributed by atoms with Crippen LogP contribution in [0, 0.1) is 0 Å². The fourth-order valence-corrected chi connectivity index (χ4v) is 1.26. The predicted octanol–water partition coefficient (Wildman–Crippen LogP) is 4.90. The molecular weight excluding hydrogens is 194 g/mol. The Morgan fingerprint density at radius 2 is 1.31 bits per heavy atom. The Bertz CT molecular complexity index is 149. The van der Waals surface area contributed by atoms with Gasteiger partial charge >= 0.3 is 0 Å². The van der Waals surface area contributed by atoms with Crippen molar-refractivity contribution >= 4 is 0 Å². The molecular formula is C15H33N. The van der Waals surface area contributed by atoms with Gasteiger partial charge in [0.25, 0.3) is 0 Å². The van der Waals surface area contributed by atoms with E-state index < -0.39 is 0 Å². The zero-order valence-electron chi connectivity index (χ0n) is 12.8. The van der Waals surface area contributed by atoms with Crippen LogP contribution in [0.1, 0.15) is 55.4 Å². The minimum atomic E-state index is 0.571. The van der Waals surface area contributed by atoms with Gasteiger partial charge in [0.15, 0.2) is 0 Å².